The molecule has 1 aliphatic rings. The van der Waals surface area contributed by atoms with E-state index in [-0.39, 0.29) is 0 Å². The molecule has 0 radical (unpaired) electrons. The zero-order valence-corrected chi connectivity index (χ0v) is 12.0. The minimum absolute atomic E-state index is 0.549. The molecule has 0 fully saturated rings. The maximum Gasteiger partial charge on any atom is 0.0429 e. The molecule has 104 valence electrons. The Morgan fingerprint density at radius 3 is 2.60 bits per heavy atom. The molecule has 1 heterocycles. The summed E-state index contributed by atoms with van der Waals surface area (Å²) in [5.41, 5.74) is 4.19. The third kappa shape index (κ3) is 3.20. The Bertz CT molecular complexity index is 525. The van der Waals surface area contributed by atoms with Crippen LogP contribution in [0.3, 0.4) is 0 Å². The summed E-state index contributed by atoms with van der Waals surface area (Å²) >= 11 is 0. The van der Waals surface area contributed by atoms with Gasteiger partial charge in [-0.3, -0.25) is 0 Å². The summed E-state index contributed by atoms with van der Waals surface area (Å²) in [6.45, 7) is 2.21. The maximum absolute atomic E-state index is 3.62. The summed E-state index contributed by atoms with van der Waals surface area (Å²) in [5, 5.41) is 3.62. The third-order valence-corrected chi connectivity index (χ3v) is 4.00. The number of rotatable bonds is 5. The first-order valence-corrected chi connectivity index (χ1v) is 7.38. The van der Waals surface area contributed by atoms with Gasteiger partial charge in [0.1, 0.15) is 0 Å². The van der Waals surface area contributed by atoms with Crippen LogP contribution in [0.25, 0.3) is 0 Å². The molecule has 0 bridgehead atoms. The molecule has 0 spiro atoms. The van der Waals surface area contributed by atoms with Crippen molar-refractivity contribution >= 4 is 5.69 Å². The monoisotopic (exact) mass is 266 g/mol. The lowest BCUT2D eigenvalue weighted by Crippen LogP contribution is -2.34. The van der Waals surface area contributed by atoms with E-state index in [1.54, 1.807) is 0 Å². The quantitative estimate of drug-likeness (QED) is 0.894. The van der Waals surface area contributed by atoms with Gasteiger partial charge in [0.15, 0.2) is 0 Å². The van der Waals surface area contributed by atoms with Gasteiger partial charge in [-0.25, -0.2) is 0 Å². The fourth-order valence-corrected chi connectivity index (χ4v) is 2.92. The average molecular weight is 266 g/mol. The zero-order valence-electron chi connectivity index (χ0n) is 12.0. The number of nitrogens with one attached hydrogen (secondary N) is 1. The van der Waals surface area contributed by atoms with Crippen LogP contribution in [0.4, 0.5) is 5.69 Å². The Labute approximate surface area is 121 Å². The van der Waals surface area contributed by atoms with Gasteiger partial charge in [-0.15, -0.1) is 0 Å². The normalized spacial score (nSPS) is 17.0. The van der Waals surface area contributed by atoms with Crippen LogP contribution >= 0.6 is 0 Å². The predicted molar refractivity (Wildman–Crippen MR) is 85.2 cm³/mol. The minimum Gasteiger partial charge on any atom is -0.380 e. The van der Waals surface area contributed by atoms with E-state index >= 15 is 0 Å². The summed E-state index contributed by atoms with van der Waals surface area (Å²) in [5.74, 6) is 0. The fourth-order valence-electron chi connectivity index (χ4n) is 2.92. The summed E-state index contributed by atoms with van der Waals surface area (Å²) in [7, 11) is 2.22. The molecule has 1 atom stereocenters. The Hall–Kier alpha value is -1.80. The van der Waals surface area contributed by atoms with E-state index < -0.39 is 0 Å². The van der Waals surface area contributed by atoms with E-state index in [1.807, 2.05) is 0 Å². The maximum atomic E-state index is 3.62. The standard InChI is InChI=1S/C18H22N2/c1-20(12-11-15-7-3-2-4-8-15)14-17-13-16-9-5-6-10-18(16)19-17/h2-10,17,19H,11-14H2,1H3. The van der Waals surface area contributed by atoms with Gasteiger partial charge in [0.2, 0.25) is 0 Å². The molecule has 3 rings (SSSR count). The van der Waals surface area contributed by atoms with E-state index in [4.69, 9.17) is 0 Å². The van der Waals surface area contributed by atoms with E-state index in [1.165, 1.54) is 16.8 Å². The molecular weight excluding hydrogens is 244 g/mol. The first kappa shape index (κ1) is 13.2. The van der Waals surface area contributed by atoms with Gasteiger partial charge in [0.25, 0.3) is 0 Å². The first-order chi connectivity index (χ1) is 9.81. The number of hydrogen-bond acceptors (Lipinski definition) is 2. The Kier molecular flexibility index (Phi) is 4.03. The highest BCUT2D eigenvalue weighted by Crippen LogP contribution is 2.25. The average Bonchev–Trinajstić information content (AvgIpc) is 2.88. The molecule has 0 amide bonds. The van der Waals surface area contributed by atoms with Gasteiger partial charge in [0, 0.05) is 24.8 Å². The Balaban J connectivity index is 1.47. The minimum atomic E-state index is 0.549. The van der Waals surface area contributed by atoms with Crippen molar-refractivity contribution in [2.45, 2.75) is 18.9 Å². The van der Waals surface area contributed by atoms with Crippen molar-refractivity contribution in [3.63, 3.8) is 0 Å². The van der Waals surface area contributed by atoms with E-state index in [0.717, 1.165) is 25.9 Å². The SMILES string of the molecule is CN(CCc1ccccc1)CC1Cc2ccccc2N1. The largest absolute Gasteiger partial charge is 0.380 e. The van der Waals surface area contributed by atoms with Crippen LogP contribution in [0.1, 0.15) is 11.1 Å². The molecule has 0 saturated heterocycles. The van der Waals surface area contributed by atoms with Gasteiger partial charge in [-0.2, -0.15) is 0 Å². The second-order valence-electron chi connectivity index (χ2n) is 5.70. The Morgan fingerprint density at radius 2 is 1.80 bits per heavy atom. The molecule has 20 heavy (non-hydrogen) atoms. The molecule has 0 saturated carbocycles. The fraction of sp³-hybridized carbons (Fsp3) is 0.333. The second kappa shape index (κ2) is 6.10. The van der Waals surface area contributed by atoms with Gasteiger partial charge in [-0.05, 0) is 37.1 Å². The van der Waals surface area contributed by atoms with Crippen LogP contribution in [0.15, 0.2) is 54.6 Å². The highest BCUT2D eigenvalue weighted by Gasteiger charge is 2.20. The molecule has 1 N–H and O–H groups in total. The number of anilines is 1. The molecule has 2 aromatic rings. The zero-order chi connectivity index (χ0) is 13.8. The number of hydrogen-bond donors (Lipinski definition) is 1. The summed E-state index contributed by atoms with van der Waals surface area (Å²) < 4.78 is 0. The van der Waals surface area contributed by atoms with E-state index in [2.05, 4.69) is 71.9 Å². The first-order valence-electron chi connectivity index (χ1n) is 7.38. The molecule has 1 unspecified atom stereocenters. The Morgan fingerprint density at radius 1 is 1.05 bits per heavy atom. The van der Waals surface area contributed by atoms with Crippen molar-refractivity contribution in [3.8, 4) is 0 Å². The topological polar surface area (TPSA) is 15.3 Å². The van der Waals surface area contributed by atoms with E-state index in [0.29, 0.717) is 6.04 Å². The molecule has 0 aromatic heterocycles. The van der Waals surface area contributed by atoms with Crippen LogP contribution in [0.5, 0.6) is 0 Å². The predicted octanol–water partition coefficient (Wildman–Crippen LogP) is 3.20. The number of benzene rings is 2. The van der Waals surface area contributed by atoms with Crippen LogP contribution in [0, 0.1) is 0 Å². The second-order valence-corrected chi connectivity index (χ2v) is 5.70. The van der Waals surface area contributed by atoms with Crippen LogP contribution in [-0.4, -0.2) is 31.1 Å². The molecule has 2 heteroatoms. The van der Waals surface area contributed by atoms with Crippen LogP contribution in [-0.2, 0) is 12.8 Å². The van der Waals surface area contributed by atoms with Crippen LogP contribution in [0.2, 0.25) is 0 Å². The molecule has 2 aromatic carbocycles. The van der Waals surface area contributed by atoms with E-state index in [9.17, 15) is 0 Å². The van der Waals surface area contributed by atoms with Gasteiger partial charge in [0.05, 0.1) is 0 Å². The molecule has 0 aliphatic carbocycles. The third-order valence-electron chi connectivity index (χ3n) is 4.00. The van der Waals surface area contributed by atoms with Gasteiger partial charge in [-0.1, -0.05) is 48.5 Å². The number of para-hydroxylation sites is 1. The highest BCUT2D eigenvalue weighted by molar-refractivity contribution is 5.56. The number of nitrogens with zero attached hydrogens (tertiary/aromatic N) is 1. The lowest BCUT2D eigenvalue weighted by molar-refractivity contribution is 0.324. The van der Waals surface area contributed by atoms with Crippen molar-refractivity contribution in [3.05, 3.63) is 65.7 Å². The summed E-state index contributed by atoms with van der Waals surface area (Å²) in [6, 6.07) is 19.9. The lowest BCUT2D eigenvalue weighted by Gasteiger charge is -2.21. The summed E-state index contributed by atoms with van der Waals surface area (Å²) in [6.07, 6.45) is 2.27. The smallest absolute Gasteiger partial charge is 0.0429 e. The lowest BCUT2D eigenvalue weighted by atomic mass is 10.1. The van der Waals surface area contributed by atoms with Crippen molar-refractivity contribution in [1.29, 1.82) is 0 Å². The highest BCUT2D eigenvalue weighted by atomic mass is 15.1. The van der Waals surface area contributed by atoms with Crippen molar-refractivity contribution in [2.24, 2.45) is 0 Å². The molecule has 1 aliphatic heterocycles. The molecule has 2 nitrogen and oxygen atoms in total. The number of fused-ring (bicyclic) bond motifs is 1. The summed E-state index contributed by atoms with van der Waals surface area (Å²) in [4.78, 5) is 2.43. The van der Waals surface area contributed by atoms with Crippen LogP contribution < -0.4 is 5.32 Å². The van der Waals surface area contributed by atoms with Gasteiger partial charge >= 0.3 is 0 Å². The van der Waals surface area contributed by atoms with Crippen molar-refractivity contribution in [2.75, 3.05) is 25.5 Å². The molecular formula is C18H22N2. The van der Waals surface area contributed by atoms with Crippen molar-refractivity contribution in [1.82, 2.24) is 4.90 Å². The number of likely N-dealkylation sites (N-methyl/N-ethyl adjacent to an activating group) is 1. The van der Waals surface area contributed by atoms with Crippen molar-refractivity contribution < 1.29 is 0 Å². The van der Waals surface area contributed by atoms with Gasteiger partial charge < -0.3 is 10.2 Å².